The van der Waals surface area contributed by atoms with E-state index in [0.29, 0.717) is 4.90 Å². The SMILES string of the molecule is CCN1CCN(C(=O)N[C@@H](C(=O)N[C@]2(NC=O)C(=O)N3C(C(=O)O)=C(C(OC(C)=O)c4ccc(O)c(O)c4)CS[C@@H]32)c2ccccc2)C(=O)C1=O. The molecule has 5 rings (SSSR count). The molecule has 0 radical (unpaired) electrons. The molecule has 3 aliphatic heterocycles. The van der Waals surface area contributed by atoms with Crippen molar-refractivity contribution in [2.75, 3.05) is 25.4 Å². The van der Waals surface area contributed by atoms with Gasteiger partial charge in [-0.3, -0.25) is 38.6 Å². The van der Waals surface area contributed by atoms with Gasteiger partial charge >= 0.3 is 29.8 Å². The number of amides is 7. The first-order valence-electron chi connectivity index (χ1n) is 15.4. The number of carbonyl (C=O) groups is 8. The monoisotopic (exact) mass is 724 g/mol. The Kier molecular flexibility index (Phi) is 10.2. The van der Waals surface area contributed by atoms with E-state index in [4.69, 9.17) is 4.74 Å². The molecular weight excluding hydrogens is 692 g/mol. The summed E-state index contributed by atoms with van der Waals surface area (Å²) in [6.07, 6.45) is -1.30. The number of carbonyl (C=O) groups excluding carboxylic acids is 7. The number of phenolic OH excluding ortho intramolecular Hbond substituents is 2. The maximum absolute atomic E-state index is 14.0. The summed E-state index contributed by atoms with van der Waals surface area (Å²) in [5.41, 5.74) is -2.67. The van der Waals surface area contributed by atoms with E-state index in [1.54, 1.807) is 25.1 Å². The van der Waals surface area contributed by atoms with Crippen molar-refractivity contribution in [1.29, 1.82) is 0 Å². The Bertz CT molecular complexity index is 1850. The van der Waals surface area contributed by atoms with Gasteiger partial charge in [0, 0.05) is 43.4 Å². The summed E-state index contributed by atoms with van der Waals surface area (Å²) in [5, 5.41) is 36.1. The number of benzene rings is 2. The van der Waals surface area contributed by atoms with Crippen LogP contribution in [0.15, 0.2) is 59.8 Å². The predicted octanol–water partition coefficient (Wildman–Crippen LogP) is -0.344. The third-order valence-electron chi connectivity index (χ3n) is 8.41. The van der Waals surface area contributed by atoms with Gasteiger partial charge in [-0.15, -0.1) is 11.8 Å². The molecule has 2 aromatic rings. The minimum Gasteiger partial charge on any atom is -0.504 e. The van der Waals surface area contributed by atoms with E-state index in [9.17, 15) is 53.7 Å². The Balaban J connectivity index is 1.47. The van der Waals surface area contributed by atoms with E-state index < -0.39 is 82.0 Å². The van der Waals surface area contributed by atoms with Gasteiger partial charge in [0.2, 0.25) is 18.0 Å². The quantitative estimate of drug-likeness (QED) is 0.0434. The predicted molar refractivity (Wildman–Crippen MR) is 174 cm³/mol. The highest BCUT2D eigenvalue weighted by Crippen LogP contribution is 2.48. The number of esters is 1. The van der Waals surface area contributed by atoms with Crippen molar-refractivity contribution in [3.63, 3.8) is 0 Å². The van der Waals surface area contributed by atoms with E-state index in [-0.39, 0.29) is 48.5 Å². The highest BCUT2D eigenvalue weighted by Gasteiger charge is 2.66. The maximum atomic E-state index is 14.0. The third-order valence-corrected chi connectivity index (χ3v) is 9.77. The molecule has 19 heteroatoms. The number of imide groups is 1. The molecule has 0 aromatic heterocycles. The summed E-state index contributed by atoms with van der Waals surface area (Å²) in [5.74, 6) is -7.89. The van der Waals surface area contributed by atoms with Crippen LogP contribution in [0.1, 0.15) is 37.1 Å². The average molecular weight is 725 g/mol. The Labute approximate surface area is 293 Å². The van der Waals surface area contributed by atoms with Crippen LogP contribution in [0.25, 0.3) is 0 Å². The molecule has 18 nitrogen and oxygen atoms in total. The van der Waals surface area contributed by atoms with Gasteiger partial charge in [0.05, 0.1) is 0 Å². The second-order valence-electron chi connectivity index (χ2n) is 11.4. The molecule has 4 atom stereocenters. The zero-order valence-electron chi connectivity index (χ0n) is 27.0. The highest BCUT2D eigenvalue weighted by molar-refractivity contribution is 8.00. The zero-order chi connectivity index (χ0) is 37.2. The van der Waals surface area contributed by atoms with E-state index in [0.717, 1.165) is 35.7 Å². The van der Waals surface area contributed by atoms with Crippen molar-refractivity contribution >= 4 is 59.8 Å². The minimum atomic E-state index is -2.24. The molecule has 51 heavy (non-hydrogen) atoms. The van der Waals surface area contributed by atoms with Crippen molar-refractivity contribution in [1.82, 2.24) is 30.7 Å². The first-order chi connectivity index (χ1) is 24.2. The van der Waals surface area contributed by atoms with E-state index in [1.807, 2.05) is 0 Å². The summed E-state index contributed by atoms with van der Waals surface area (Å²) >= 11 is 0.901. The number of aliphatic carboxylic acids is 1. The fourth-order valence-electron chi connectivity index (χ4n) is 5.95. The molecular formula is C32H32N6O12S. The van der Waals surface area contributed by atoms with Crippen LogP contribution in [0, 0.1) is 0 Å². The lowest BCUT2D eigenvalue weighted by atomic mass is 9.92. The molecule has 0 bridgehead atoms. The van der Waals surface area contributed by atoms with Gasteiger partial charge in [0.15, 0.2) is 17.6 Å². The number of likely N-dealkylation sites (N-methyl/N-ethyl adjacent to an activating group) is 1. The number of carboxylic acid groups (broad SMARTS) is 1. The summed E-state index contributed by atoms with van der Waals surface area (Å²) in [6, 6.07) is 8.50. The average Bonchev–Trinajstić information content (AvgIpc) is 3.10. The number of β-lactam (4-membered cyclic amide) rings is 1. The Morgan fingerprint density at radius 1 is 1.02 bits per heavy atom. The fourth-order valence-corrected chi connectivity index (χ4v) is 7.40. The zero-order valence-corrected chi connectivity index (χ0v) is 27.8. The fraction of sp³-hybridized carbons (Fsp3) is 0.312. The second-order valence-corrected chi connectivity index (χ2v) is 12.5. The van der Waals surface area contributed by atoms with E-state index in [2.05, 4.69) is 16.0 Å². The number of piperazine rings is 1. The van der Waals surface area contributed by atoms with Crippen molar-refractivity contribution < 1.29 is 58.4 Å². The van der Waals surface area contributed by atoms with Crippen molar-refractivity contribution in [3.8, 4) is 11.5 Å². The number of hydrogen-bond donors (Lipinski definition) is 6. The summed E-state index contributed by atoms with van der Waals surface area (Å²) < 4.78 is 5.41. The molecule has 0 spiro atoms. The first kappa shape index (κ1) is 36.2. The summed E-state index contributed by atoms with van der Waals surface area (Å²) in [4.78, 5) is 106. The van der Waals surface area contributed by atoms with Crippen LogP contribution in [-0.4, -0.2) is 114 Å². The number of thioether (sulfide) groups is 1. The molecule has 2 aromatic carbocycles. The first-order valence-corrected chi connectivity index (χ1v) is 16.4. The third kappa shape index (κ3) is 6.62. The van der Waals surface area contributed by atoms with Gasteiger partial charge in [-0.05, 0) is 24.6 Å². The summed E-state index contributed by atoms with van der Waals surface area (Å²) in [7, 11) is 0. The minimum absolute atomic E-state index is 0.0694. The van der Waals surface area contributed by atoms with Gasteiger partial charge in [0.25, 0.3) is 5.91 Å². The lowest BCUT2D eigenvalue weighted by Crippen LogP contribution is -2.85. The second kappa shape index (κ2) is 14.4. The van der Waals surface area contributed by atoms with Crippen LogP contribution in [-0.2, 0) is 38.3 Å². The maximum Gasteiger partial charge on any atom is 0.352 e. The number of phenols is 2. The van der Waals surface area contributed by atoms with Gasteiger partial charge < -0.3 is 40.9 Å². The summed E-state index contributed by atoms with van der Waals surface area (Å²) in [6.45, 7) is 2.90. The van der Waals surface area contributed by atoms with Crippen LogP contribution < -0.4 is 16.0 Å². The molecule has 3 heterocycles. The van der Waals surface area contributed by atoms with E-state index >= 15 is 0 Å². The number of carboxylic acids is 1. The Morgan fingerprint density at radius 2 is 1.73 bits per heavy atom. The van der Waals surface area contributed by atoms with Crippen LogP contribution >= 0.6 is 11.8 Å². The molecule has 3 aliphatic rings. The Hall–Kier alpha value is -6.11. The number of aromatic hydroxyl groups is 2. The molecule has 2 fully saturated rings. The van der Waals surface area contributed by atoms with Crippen LogP contribution in [0.4, 0.5) is 4.79 Å². The largest absolute Gasteiger partial charge is 0.504 e. The standard InChI is InChI=1S/C32H32N6O12S/c1-3-36-11-12-37(27(45)26(36)44)31(49)34-22(17-7-5-4-6-8-17)25(43)35-32(33-15-39)29(48)38-23(28(46)47)19(14-51-30(32)38)24(50-16(2)40)18-9-10-20(41)21(42)13-18/h4-10,13,15,22,24,30,41-42H,3,11-12,14H2,1-2H3,(H,33,39)(H,34,49)(H,35,43)(H,46,47)/t22-,24?,30-,32-/m1/s1. The van der Waals surface area contributed by atoms with Crippen molar-refractivity contribution in [2.24, 2.45) is 0 Å². The van der Waals surface area contributed by atoms with Crippen LogP contribution in [0.3, 0.4) is 0 Å². The van der Waals surface area contributed by atoms with E-state index in [1.165, 1.54) is 23.1 Å². The number of urea groups is 1. The van der Waals surface area contributed by atoms with Gasteiger partial charge in [0.1, 0.15) is 17.1 Å². The molecule has 268 valence electrons. The van der Waals surface area contributed by atoms with Crippen molar-refractivity contribution in [2.45, 2.75) is 37.0 Å². The van der Waals surface area contributed by atoms with Crippen LogP contribution in [0.2, 0.25) is 0 Å². The molecule has 7 amide bonds. The number of fused-ring (bicyclic) bond motifs is 1. The number of ether oxygens (including phenoxy) is 1. The Morgan fingerprint density at radius 3 is 2.33 bits per heavy atom. The molecule has 6 N–H and O–H groups in total. The highest BCUT2D eigenvalue weighted by atomic mass is 32.2. The topological polar surface area (TPSA) is 252 Å². The number of nitrogens with one attached hydrogen (secondary N) is 3. The molecule has 1 unspecified atom stereocenters. The van der Waals surface area contributed by atoms with Crippen LogP contribution in [0.5, 0.6) is 11.5 Å². The molecule has 0 saturated carbocycles. The number of hydrogen-bond acceptors (Lipinski definition) is 12. The van der Waals surface area contributed by atoms with Crippen molar-refractivity contribution in [3.05, 3.63) is 70.9 Å². The lowest BCUT2D eigenvalue weighted by Gasteiger charge is -2.57. The van der Waals surface area contributed by atoms with Gasteiger partial charge in [-0.25, -0.2) is 9.59 Å². The lowest BCUT2D eigenvalue weighted by molar-refractivity contribution is -0.163. The number of rotatable bonds is 11. The van der Waals surface area contributed by atoms with Gasteiger partial charge in [-0.2, -0.15) is 0 Å². The molecule has 2 saturated heterocycles. The smallest absolute Gasteiger partial charge is 0.352 e. The number of nitrogens with zero attached hydrogens (tertiary/aromatic N) is 3. The normalized spacial score (nSPS) is 21.2. The van der Waals surface area contributed by atoms with Gasteiger partial charge in [-0.1, -0.05) is 36.4 Å². The molecule has 0 aliphatic carbocycles.